The maximum absolute atomic E-state index is 11.7. The predicted octanol–water partition coefficient (Wildman–Crippen LogP) is 1.89. The van der Waals surface area contributed by atoms with Crippen LogP contribution in [-0.2, 0) is 0 Å². The minimum Gasteiger partial charge on any atom is -0.507 e. The van der Waals surface area contributed by atoms with Gasteiger partial charge in [-0.25, -0.2) is 0 Å². The van der Waals surface area contributed by atoms with Gasteiger partial charge in [-0.1, -0.05) is 0 Å². The first-order valence-electron chi connectivity index (χ1n) is 5.52. The lowest BCUT2D eigenvalue weighted by atomic mass is 10.2. The molecule has 4 nitrogen and oxygen atoms in total. The van der Waals surface area contributed by atoms with E-state index in [0.29, 0.717) is 12.1 Å². The number of hydrogen-bond acceptors (Lipinski definition) is 3. The van der Waals surface area contributed by atoms with Gasteiger partial charge >= 0.3 is 0 Å². The van der Waals surface area contributed by atoms with Crippen molar-refractivity contribution < 1.29 is 15.0 Å². The van der Waals surface area contributed by atoms with Gasteiger partial charge in [-0.15, -0.1) is 0 Å². The molecule has 0 fully saturated rings. The molecule has 17 heavy (non-hydrogen) atoms. The normalized spacial score (nSPS) is 10.2. The van der Waals surface area contributed by atoms with Crippen LogP contribution in [0.3, 0.4) is 0 Å². The number of hydrogen-bond donors (Lipinski definition) is 3. The highest BCUT2D eigenvalue weighted by atomic mass is 127. The number of unbranched alkanes of at least 4 members (excludes halogenated alkanes) is 2. The van der Waals surface area contributed by atoms with Crippen molar-refractivity contribution in [3.8, 4) is 5.75 Å². The summed E-state index contributed by atoms with van der Waals surface area (Å²) >= 11 is 2.00. The van der Waals surface area contributed by atoms with Crippen molar-refractivity contribution in [2.45, 2.75) is 19.3 Å². The number of aromatic hydroxyl groups is 1. The Bertz CT molecular complexity index is 382. The van der Waals surface area contributed by atoms with Gasteiger partial charge in [0.25, 0.3) is 5.91 Å². The standard InChI is InChI=1S/C12H16INO3/c13-10-5-4-9(8-11(10)16)12(17)14-6-2-1-3-7-15/h4-5,8,15-16H,1-3,6-7H2,(H,14,17). The van der Waals surface area contributed by atoms with E-state index in [1.165, 1.54) is 6.07 Å². The second kappa shape index (κ2) is 7.50. The zero-order valence-electron chi connectivity index (χ0n) is 9.45. The van der Waals surface area contributed by atoms with E-state index < -0.39 is 0 Å². The zero-order valence-corrected chi connectivity index (χ0v) is 11.6. The summed E-state index contributed by atoms with van der Waals surface area (Å²) < 4.78 is 0.724. The fraction of sp³-hybridized carbons (Fsp3) is 0.417. The number of nitrogens with one attached hydrogen (secondary N) is 1. The summed E-state index contributed by atoms with van der Waals surface area (Å²) in [6, 6.07) is 4.85. The van der Waals surface area contributed by atoms with Gasteiger partial charge in [-0.2, -0.15) is 0 Å². The fourth-order valence-corrected chi connectivity index (χ4v) is 1.71. The Morgan fingerprint density at radius 3 is 2.71 bits per heavy atom. The molecule has 0 radical (unpaired) electrons. The first-order valence-corrected chi connectivity index (χ1v) is 6.60. The van der Waals surface area contributed by atoms with Crippen LogP contribution in [-0.4, -0.2) is 29.3 Å². The Labute approximate surface area is 114 Å². The van der Waals surface area contributed by atoms with Crippen molar-refractivity contribution in [3.05, 3.63) is 27.3 Å². The molecule has 0 unspecified atom stereocenters. The monoisotopic (exact) mass is 349 g/mol. The Kier molecular flexibility index (Phi) is 6.28. The highest BCUT2D eigenvalue weighted by Crippen LogP contribution is 2.20. The van der Waals surface area contributed by atoms with Crippen LogP contribution >= 0.6 is 22.6 Å². The molecule has 1 aromatic carbocycles. The maximum atomic E-state index is 11.7. The quantitative estimate of drug-likeness (QED) is 0.543. The van der Waals surface area contributed by atoms with Gasteiger partial charge in [0.1, 0.15) is 5.75 Å². The third-order valence-corrected chi connectivity index (χ3v) is 3.24. The summed E-state index contributed by atoms with van der Waals surface area (Å²) in [6.45, 7) is 0.782. The zero-order chi connectivity index (χ0) is 12.7. The predicted molar refractivity (Wildman–Crippen MR) is 74.1 cm³/mol. The van der Waals surface area contributed by atoms with E-state index in [1.54, 1.807) is 12.1 Å². The number of aliphatic hydroxyl groups excluding tert-OH is 1. The van der Waals surface area contributed by atoms with Crippen molar-refractivity contribution in [2.24, 2.45) is 0 Å². The first-order chi connectivity index (χ1) is 8.15. The van der Waals surface area contributed by atoms with E-state index in [4.69, 9.17) is 5.11 Å². The molecule has 0 atom stereocenters. The molecule has 0 aromatic heterocycles. The van der Waals surface area contributed by atoms with Crippen LogP contribution in [0.5, 0.6) is 5.75 Å². The number of aliphatic hydroxyl groups is 1. The van der Waals surface area contributed by atoms with Gasteiger partial charge in [0.2, 0.25) is 0 Å². The van der Waals surface area contributed by atoms with Crippen molar-refractivity contribution >= 4 is 28.5 Å². The average Bonchev–Trinajstić information content (AvgIpc) is 2.32. The van der Waals surface area contributed by atoms with Gasteiger partial charge in [0.05, 0.1) is 3.57 Å². The third kappa shape index (κ3) is 4.91. The van der Waals surface area contributed by atoms with Gasteiger partial charge in [0.15, 0.2) is 0 Å². The number of rotatable bonds is 6. The van der Waals surface area contributed by atoms with Crippen LogP contribution in [0.15, 0.2) is 18.2 Å². The van der Waals surface area contributed by atoms with Crippen LogP contribution in [0.25, 0.3) is 0 Å². The fourth-order valence-electron chi connectivity index (χ4n) is 1.37. The van der Waals surface area contributed by atoms with Gasteiger partial charge in [-0.05, 0) is 60.1 Å². The van der Waals surface area contributed by atoms with Gasteiger partial charge in [0, 0.05) is 18.7 Å². The average molecular weight is 349 g/mol. The first kappa shape index (κ1) is 14.2. The number of carbonyl (C=O) groups is 1. The highest BCUT2D eigenvalue weighted by molar-refractivity contribution is 14.1. The van der Waals surface area contributed by atoms with Crippen LogP contribution < -0.4 is 5.32 Å². The molecule has 0 saturated carbocycles. The number of halogens is 1. The number of benzene rings is 1. The molecule has 1 aromatic rings. The molecule has 5 heteroatoms. The molecule has 0 bridgehead atoms. The Morgan fingerprint density at radius 2 is 2.06 bits per heavy atom. The Hall–Kier alpha value is -0.820. The molecule has 0 aliphatic rings. The molecule has 0 saturated heterocycles. The van der Waals surface area contributed by atoms with Crippen LogP contribution in [0.1, 0.15) is 29.6 Å². The van der Waals surface area contributed by atoms with Crippen molar-refractivity contribution in [3.63, 3.8) is 0 Å². The number of phenolic OH excluding ortho intramolecular Hbond substituents is 1. The molecule has 94 valence electrons. The van der Waals surface area contributed by atoms with Crippen molar-refractivity contribution in [1.82, 2.24) is 5.32 Å². The highest BCUT2D eigenvalue weighted by Gasteiger charge is 2.07. The van der Waals surface area contributed by atoms with E-state index >= 15 is 0 Å². The molecule has 0 heterocycles. The summed E-state index contributed by atoms with van der Waals surface area (Å²) in [5.74, 6) is -0.0563. The lowest BCUT2D eigenvalue weighted by molar-refractivity contribution is 0.0952. The van der Waals surface area contributed by atoms with E-state index in [0.717, 1.165) is 22.8 Å². The Morgan fingerprint density at radius 1 is 1.29 bits per heavy atom. The summed E-state index contributed by atoms with van der Waals surface area (Å²) in [5.41, 5.74) is 0.463. The van der Waals surface area contributed by atoms with Crippen LogP contribution in [0.4, 0.5) is 0 Å². The largest absolute Gasteiger partial charge is 0.507 e. The lowest BCUT2D eigenvalue weighted by Crippen LogP contribution is -2.24. The SMILES string of the molecule is O=C(NCCCCCO)c1ccc(I)c(O)c1. The second-order valence-corrected chi connectivity index (χ2v) is 4.87. The minimum absolute atomic E-state index is 0.124. The summed E-state index contributed by atoms with van der Waals surface area (Å²) in [4.78, 5) is 11.7. The minimum atomic E-state index is -0.180. The lowest BCUT2D eigenvalue weighted by Gasteiger charge is -2.06. The number of phenols is 1. The van der Waals surface area contributed by atoms with Gasteiger partial charge < -0.3 is 15.5 Å². The molecular formula is C12H16INO3. The molecule has 3 N–H and O–H groups in total. The molecule has 0 aliphatic carbocycles. The van der Waals surface area contributed by atoms with Crippen LogP contribution in [0, 0.1) is 3.57 Å². The molecule has 0 aliphatic heterocycles. The molecule has 1 rings (SSSR count). The molecule has 0 spiro atoms. The van der Waals surface area contributed by atoms with E-state index in [1.807, 2.05) is 22.6 Å². The molecule has 1 amide bonds. The van der Waals surface area contributed by atoms with E-state index in [2.05, 4.69) is 5.32 Å². The topological polar surface area (TPSA) is 69.6 Å². The number of carbonyl (C=O) groups excluding carboxylic acids is 1. The van der Waals surface area contributed by atoms with Crippen molar-refractivity contribution in [2.75, 3.05) is 13.2 Å². The smallest absolute Gasteiger partial charge is 0.251 e. The summed E-state index contributed by atoms with van der Waals surface area (Å²) in [6.07, 6.45) is 2.51. The molecular weight excluding hydrogens is 333 g/mol. The number of amides is 1. The van der Waals surface area contributed by atoms with E-state index in [-0.39, 0.29) is 18.3 Å². The van der Waals surface area contributed by atoms with E-state index in [9.17, 15) is 9.90 Å². The Balaban J connectivity index is 2.39. The second-order valence-electron chi connectivity index (χ2n) is 3.71. The van der Waals surface area contributed by atoms with Crippen LogP contribution in [0.2, 0.25) is 0 Å². The maximum Gasteiger partial charge on any atom is 0.251 e. The summed E-state index contributed by atoms with van der Waals surface area (Å²) in [7, 11) is 0. The summed E-state index contributed by atoms with van der Waals surface area (Å²) in [5, 5.41) is 20.8. The van der Waals surface area contributed by atoms with Crippen molar-refractivity contribution in [1.29, 1.82) is 0 Å². The third-order valence-electron chi connectivity index (χ3n) is 2.33. The van der Waals surface area contributed by atoms with Gasteiger partial charge in [-0.3, -0.25) is 4.79 Å².